The van der Waals surface area contributed by atoms with Crippen molar-refractivity contribution in [2.75, 3.05) is 36.5 Å². The van der Waals surface area contributed by atoms with Crippen LogP contribution in [0.3, 0.4) is 0 Å². The van der Waals surface area contributed by atoms with Crippen molar-refractivity contribution in [3.05, 3.63) is 23.8 Å². The zero-order valence-corrected chi connectivity index (χ0v) is 16.2. The highest BCUT2D eigenvalue weighted by molar-refractivity contribution is 5.99. The first-order valence-electron chi connectivity index (χ1n) is 9.11. The van der Waals surface area contributed by atoms with Gasteiger partial charge in [0.2, 0.25) is 5.91 Å². The van der Waals surface area contributed by atoms with Crippen LogP contribution in [0.4, 0.5) is 25.0 Å². The molecule has 1 atom stereocenters. The maximum absolute atomic E-state index is 13.6. The summed E-state index contributed by atoms with van der Waals surface area (Å²) in [7, 11) is 0. The van der Waals surface area contributed by atoms with Gasteiger partial charge in [0.25, 0.3) is 12.3 Å². The minimum atomic E-state index is -2.86. The topological polar surface area (TPSA) is 126 Å². The predicted molar refractivity (Wildman–Crippen MR) is 103 cm³/mol. The second-order valence-corrected chi connectivity index (χ2v) is 6.72. The van der Waals surface area contributed by atoms with E-state index in [1.807, 2.05) is 0 Å². The third kappa shape index (κ3) is 6.09. The summed E-state index contributed by atoms with van der Waals surface area (Å²) in [6.07, 6.45) is -2.86. The molecule has 4 amide bonds. The molecular weight excluding hydrogens is 388 g/mol. The van der Waals surface area contributed by atoms with Gasteiger partial charge >= 0.3 is 6.03 Å². The Morgan fingerprint density at radius 1 is 1.28 bits per heavy atom. The molecule has 0 spiro atoms. The van der Waals surface area contributed by atoms with E-state index < -0.39 is 35.9 Å². The van der Waals surface area contributed by atoms with Crippen molar-refractivity contribution in [3.63, 3.8) is 0 Å². The molecule has 1 aliphatic rings. The standard InChI is InChI=1S/C18H25F2N5O4/c1-10(2)22-18(28)24-13(8-21)17(27)23-11-3-4-14(12(7-11)16(19)20)25-5-6-29-9-15(25)26/h3-4,7,10,13,16H,5-6,8-9,21H2,1-2H3,(H,23,27)(H2,22,24,28)/t13-/m0/s1. The number of carbonyl (C=O) groups is 3. The number of alkyl halides is 2. The van der Waals surface area contributed by atoms with E-state index in [-0.39, 0.29) is 43.7 Å². The van der Waals surface area contributed by atoms with Crippen molar-refractivity contribution in [2.24, 2.45) is 5.73 Å². The van der Waals surface area contributed by atoms with Crippen LogP contribution >= 0.6 is 0 Å². The van der Waals surface area contributed by atoms with Gasteiger partial charge in [-0.3, -0.25) is 9.59 Å². The number of morpholine rings is 1. The zero-order chi connectivity index (χ0) is 21.6. The van der Waals surface area contributed by atoms with Gasteiger partial charge in [-0.2, -0.15) is 0 Å². The first-order valence-corrected chi connectivity index (χ1v) is 9.11. The molecule has 1 aromatic rings. The Morgan fingerprint density at radius 2 is 2.00 bits per heavy atom. The minimum absolute atomic E-state index is 0.0658. The monoisotopic (exact) mass is 413 g/mol. The smallest absolute Gasteiger partial charge is 0.315 e. The fraction of sp³-hybridized carbons (Fsp3) is 0.500. The lowest BCUT2D eigenvalue weighted by Gasteiger charge is -2.29. The normalized spacial score (nSPS) is 15.4. The number of amides is 4. The fourth-order valence-electron chi connectivity index (χ4n) is 2.75. The molecule has 1 fully saturated rings. The number of benzene rings is 1. The maximum Gasteiger partial charge on any atom is 0.315 e. The molecule has 0 saturated carbocycles. The van der Waals surface area contributed by atoms with Crippen LogP contribution < -0.4 is 26.6 Å². The molecule has 2 rings (SSSR count). The lowest BCUT2D eigenvalue weighted by atomic mass is 10.1. The molecule has 0 bridgehead atoms. The highest BCUT2D eigenvalue weighted by Gasteiger charge is 2.26. The number of halogens is 2. The third-order valence-corrected chi connectivity index (χ3v) is 4.08. The molecular formula is C18H25F2N5O4. The Bertz CT molecular complexity index is 760. The molecule has 1 saturated heterocycles. The molecule has 160 valence electrons. The van der Waals surface area contributed by atoms with Crippen LogP contribution in [0, 0.1) is 0 Å². The van der Waals surface area contributed by atoms with E-state index in [4.69, 9.17) is 10.5 Å². The molecule has 0 aliphatic carbocycles. The number of nitrogens with two attached hydrogens (primary N) is 1. The van der Waals surface area contributed by atoms with Crippen LogP contribution in [-0.2, 0) is 14.3 Å². The first-order chi connectivity index (χ1) is 13.7. The molecule has 0 aromatic heterocycles. The van der Waals surface area contributed by atoms with Crippen LogP contribution in [0.1, 0.15) is 25.8 Å². The molecule has 11 heteroatoms. The first kappa shape index (κ1) is 22.5. The summed E-state index contributed by atoms with van der Waals surface area (Å²) in [6.45, 7) is 3.56. The molecule has 1 heterocycles. The van der Waals surface area contributed by atoms with Crippen molar-refractivity contribution in [2.45, 2.75) is 32.4 Å². The van der Waals surface area contributed by atoms with Crippen molar-refractivity contribution in [1.29, 1.82) is 0 Å². The summed E-state index contributed by atoms with van der Waals surface area (Å²) in [5, 5.41) is 7.45. The van der Waals surface area contributed by atoms with Crippen molar-refractivity contribution >= 4 is 29.2 Å². The van der Waals surface area contributed by atoms with Gasteiger partial charge in [0, 0.05) is 30.4 Å². The quantitative estimate of drug-likeness (QED) is 0.530. The zero-order valence-electron chi connectivity index (χ0n) is 16.2. The van der Waals surface area contributed by atoms with Gasteiger partial charge in [0.05, 0.1) is 12.3 Å². The fourth-order valence-corrected chi connectivity index (χ4v) is 2.75. The van der Waals surface area contributed by atoms with Crippen LogP contribution in [0.5, 0.6) is 0 Å². The number of hydrogen-bond acceptors (Lipinski definition) is 5. The number of urea groups is 1. The summed E-state index contributed by atoms with van der Waals surface area (Å²) < 4.78 is 32.2. The summed E-state index contributed by atoms with van der Waals surface area (Å²) in [4.78, 5) is 37.4. The molecule has 29 heavy (non-hydrogen) atoms. The summed E-state index contributed by atoms with van der Waals surface area (Å²) >= 11 is 0. The average molecular weight is 413 g/mol. The summed E-state index contributed by atoms with van der Waals surface area (Å²) in [5.41, 5.74) is 5.31. The number of ether oxygens (including phenoxy) is 1. The second kappa shape index (κ2) is 10.1. The SMILES string of the molecule is CC(C)NC(=O)N[C@@H](CN)C(=O)Nc1ccc(N2CCOCC2=O)c(C(F)F)c1. The molecule has 0 unspecified atom stereocenters. The Kier molecular flexibility index (Phi) is 7.85. The number of nitrogens with zero attached hydrogens (tertiary/aromatic N) is 1. The molecule has 1 aliphatic heterocycles. The summed E-state index contributed by atoms with van der Waals surface area (Å²) in [6, 6.07) is 2.09. The van der Waals surface area contributed by atoms with E-state index in [0.717, 1.165) is 6.07 Å². The number of hydrogen-bond donors (Lipinski definition) is 4. The van der Waals surface area contributed by atoms with E-state index in [1.54, 1.807) is 13.8 Å². The average Bonchev–Trinajstić information content (AvgIpc) is 2.66. The third-order valence-electron chi connectivity index (χ3n) is 4.08. The Morgan fingerprint density at radius 3 is 2.59 bits per heavy atom. The van der Waals surface area contributed by atoms with Gasteiger partial charge in [-0.15, -0.1) is 0 Å². The van der Waals surface area contributed by atoms with Crippen molar-refractivity contribution in [1.82, 2.24) is 10.6 Å². The van der Waals surface area contributed by atoms with E-state index in [1.165, 1.54) is 17.0 Å². The lowest BCUT2D eigenvalue weighted by molar-refractivity contribution is -0.125. The number of anilines is 2. The van der Waals surface area contributed by atoms with Crippen molar-refractivity contribution in [3.8, 4) is 0 Å². The van der Waals surface area contributed by atoms with Gasteiger partial charge in [-0.1, -0.05) is 0 Å². The van der Waals surface area contributed by atoms with Gasteiger partial charge in [-0.05, 0) is 32.0 Å². The van der Waals surface area contributed by atoms with E-state index >= 15 is 0 Å². The van der Waals surface area contributed by atoms with Crippen LogP contribution in [0.2, 0.25) is 0 Å². The van der Waals surface area contributed by atoms with Gasteiger partial charge in [-0.25, -0.2) is 13.6 Å². The van der Waals surface area contributed by atoms with Crippen LogP contribution in [-0.4, -0.2) is 56.2 Å². The molecule has 0 radical (unpaired) electrons. The largest absolute Gasteiger partial charge is 0.370 e. The van der Waals surface area contributed by atoms with Crippen LogP contribution in [0.25, 0.3) is 0 Å². The Hall–Kier alpha value is -2.79. The van der Waals surface area contributed by atoms with E-state index in [9.17, 15) is 23.2 Å². The number of rotatable bonds is 7. The van der Waals surface area contributed by atoms with Gasteiger partial charge in [0.1, 0.15) is 12.6 Å². The second-order valence-electron chi connectivity index (χ2n) is 6.72. The molecule has 5 N–H and O–H groups in total. The number of carbonyl (C=O) groups excluding carboxylic acids is 3. The number of nitrogens with one attached hydrogen (secondary N) is 3. The van der Waals surface area contributed by atoms with Crippen LogP contribution in [0.15, 0.2) is 18.2 Å². The maximum atomic E-state index is 13.6. The predicted octanol–water partition coefficient (Wildman–Crippen LogP) is 0.961. The summed E-state index contributed by atoms with van der Waals surface area (Å²) in [5.74, 6) is -1.07. The Balaban J connectivity index is 2.15. The van der Waals surface area contributed by atoms with E-state index in [0.29, 0.717) is 0 Å². The van der Waals surface area contributed by atoms with Gasteiger partial charge < -0.3 is 31.3 Å². The van der Waals surface area contributed by atoms with Crippen molar-refractivity contribution < 1.29 is 27.9 Å². The highest BCUT2D eigenvalue weighted by Crippen LogP contribution is 2.33. The molecule has 1 aromatic carbocycles. The van der Waals surface area contributed by atoms with Gasteiger partial charge in [0.15, 0.2) is 0 Å². The molecule has 9 nitrogen and oxygen atoms in total. The highest BCUT2D eigenvalue weighted by atomic mass is 19.3. The van der Waals surface area contributed by atoms with E-state index in [2.05, 4.69) is 16.0 Å². The Labute approximate surface area is 166 Å². The lowest BCUT2D eigenvalue weighted by Crippen LogP contribution is -2.52. The minimum Gasteiger partial charge on any atom is -0.370 e.